The highest BCUT2D eigenvalue weighted by atomic mass is 32.2. The van der Waals surface area contributed by atoms with Gasteiger partial charge in [0.25, 0.3) is 0 Å². The molecule has 0 aliphatic heterocycles. The number of aliphatic carboxylic acids is 1. The molecule has 0 heterocycles. The molecule has 0 atom stereocenters. The lowest BCUT2D eigenvalue weighted by atomic mass is 10.1. The maximum atomic E-state index is 11.9. The maximum absolute atomic E-state index is 11.9. The van der Waals surface area contributed by atoms with E-state index in [-0.39, 0.29) is 17.9 Å². The van der Waals surface area contributed by atoms with Crippen LogP contribution in [0.2, 0.25) is 0 Å². The molecule has 0 unspecified atom stereocenters. The third-order valence-corrected chi connectivity index (χ3v) is 4.76. The van der Waals surface area contributed by atoms with E-state index in [9.17, 15) is 13.2 Å². The van der Waals surface area contributed by atoms with E-state index in [0.29, 0.717) is 12.8 Å². The Morgan fingerprint density at radius 1 is 0.950 bits per heavy atom. The first-order valence-electron chi connectivity index (χ1n) is 6.96. The van der Waals surface area contributed by atoms with Crippen molar-refractivity contribution in [2.75, 3.05) is 5.75 Å². The van der Waals surface area contributed by atoms with Gasteiger partial charge in [0.15, 0.2) is 9.84 Å². The van der Waals surface area contributed by atoms with Crippen LogP contribution < -0.4 is 0 Å². The summed E-state index contributed by atoms with van der Waals surface area (Å²) in [6.07, 6.45) is 4.12. The molecule has 0 radical (unpaired) electrons. The number of hydrogen-bond acceptors (Lipinski definition) is 3. The summed E-state index contributed by atoms with van der Waals surface area (Å²) < 4.78 is 23.8. The van der Waals surface area contributed by atoms with Crippen LogP contribution in [0.3, 0.4) is 0 Å². The SMILES string of the molecule is O=C(O)CCCCCCCS(=O)(=O)Cc1ccccc1. The lowest BCUT2D eigenvalue weighted by molar-refractivity contribution is -0.137. The highest BCUT2D eigenvalue weighted by Crippen LogP contribution is 2.10. The van der Waals surface area contributed by atoms with E-state index in [1.54, 1.807) is 0 Å². The van der Waals surface area contributed by atoms with Gasteiger partial charge in [-0.2, -0.15) is 0 Å². The van der Waals surface area contributed by atoms with Crippen molar-refractivity contribution < 1.29 is 18.3 Å². The molecular weight excluding hydrogens is 276 g/mol. The molecule has 20 heavy (non-hydrogen) atoms. The number of hydrogen-bond donors (Lipinski definition) is 1. The van der Waals surface area contributed by atoms with E-state index < -0.39 is 15.8 Å². The highest BCUT2D eigenvalue weighted by Gasteiger charge is 2.11. The summed E-state index contributed by atoms with van der Waals surface area (Å²) in [5.41, 5.74) is 0.828. The number of carboxylic acid groups (broad SMARTS) is 1. The molecule has 0 amide bonds. The fraction of sp³-hybridized carbons (Fsp3) is 0.533. The number of rotatable bonds is 10. The normalized spacial score (nSPS) is 11.4. The minimum absolute atomic E-state index is 0.104. The van der Waals surface area contributed by atoms with Gasteiger partial charge in [-0.05, 0) is 18.4 Å². The van der Waals surface area contributed by atoms with Crippen LogP contribution in [0.1, 0.15) is 44.1 Å². The van der Waals surface area contributed by atoms with Gasteiger partial charge in [0, 0.05) is 6.42 Å². The van der Waals surface area contributed by atoms with Gasteiger partial charge in [-0.1, -0.05) is 49.6 Å². The topological polar surface area (TPSA) is 71.4 Å². The molecule has 0 bridgehead atoms. The Balaban J connectivity index is 2.16. The fourth-order valence-corrected chi connectivity index (χ4v) is 3.52. The predicted octanol–water partition coefficient (Wildman–Crippen LogP) is 3.03. The molecule has 0 aliphatic rings. The molecule has 1 aromatic carbocycles. The fourth-order valence-electron chi connectivity index (χ4n) is 2.03. The Morgan fingerprint density at radius 3 is 2.20 bits per heavy atom. The quantitative estimate of drug-likeness (QED) is 0.674. The minimum Gasteiger partial charge on any atom is -0.481 e. The summed E-state index contributed by atoms with van der Waals surface area (Å²) >= 11 is 0. The summed E-state index contributed by atoms with van der Waals surface area (Å²) in [6.45, 7) is 0. The molecule has 0 aliphatic carbocycles. The van der Waals surface area contributed by atoms with Gasteiger partial charge < -0.3 is 5.11 Å². The average Bonchev–Trinajstić information content (AvgIpc) is 2.37. The first-order chi connectivity index (χ1) is 9.49. The molecule has 1 aromatic rings. The van der Waals surface area contributed by atoms with Crippen molar-refractivity contribution in [2.24, 2.45) is 0 Å². The number of carboxylic acids is 1. The molecule has 1 rings (SSSR count). The summed E-state index contributed by atoms with van der Waals surface area (Å²) in [6, 6.07) is 9.20. The van der Waals surface area contributed by atoms with Crippen LogP contribution in [-0.2, 0) is 20.4 Å². The van der Waals surface area contributed by atoms with Crippen LogP contribution in [0.4, 0.5) is 0 Å². The second-order valence-electron chi connectivity index (χ2n) is 4.99. The van der Waals surface area contributed by atoms with Gasteiger partial charge in [0.1, 0.15) is 0 Å². The van der Waals surface area contributed by atoms with Crippen molar-refractivity contribution in [1.29, 1.82) is 0 Å². The predicted molar refractivity (Wildman–Crippen MR) is 79.3 cm³/mol. The zero-order chi connectivity index (χ0) is 14.8. The second kappa shape index (κ2) is 8.74. The third-order valence-electron chi connectivity index (χ3n) is 3.08. The summed E-state index contributed by atoms with van der Waals surface area (Å²) in [7, 11) is -3.03. The Labute approximate surface area is 120 Å². The molecular formula is C15H22O4S. The molecule has 0 aromatic heterocycles. The van der Waals surface area contributed by atoms with Gasteiger partial charge in [-0.15, -0.1) is 0 Å². The zero-order valence-electron chi connectivity index (χ0n) is 11.6. The van der Waals surface area contributed by atoms with Crippen molar-refractivity contribution in [1.82, 2.24) is 0 Å². The zero-order valence-corrected chi connectivity index (χ0v) is 12.4. The van der Waals surface area contributed by atoms with E-state index in [2.05, 4.69) is 0 Å². The second-order valence-corrected chi connectivity index (χ2v) is 7.17. The number of sulfone groups is 1. The van der Waals surface area contributed by atoms with Gasteiger partial charge in [-0.25, -0.2) is 8.42 Å². The molecule has 112 valence electrons. The van der Waals surface area contributed by atoms with Crippen LogP contribution in [0.5, 0.6) is 0 Å². The molecule has 4 nitrogen and oxygen atoms in total. The Bertz CT molecular complexity index is 494. The van der Waals surface area contributed by atoms with Crippen LogP contribution in [0.15, 0.2) is 30.3 Å². The Morgan fingerprint density at radius 2 is 1.55 bits per heavy atom. The smallest absolute Gasteiger partial charge is 0.303 e. The first-order valence-corrected chi connectivity index (χ1v) is 8.78. The van der Waals surface area contributed by atoms with Crippen molar-refractivity contribution in [2.45, 2.75) is 44.3 Å². The molecule has 1 N–H and O–H groups in total. The molecule has 0 saturated heterocycles. The van der Waals surface area contributed by atoms with Gasteiger partial charge >= 0.3 is 5.97 Å². The lowest BCUT2D eigenvalue weighted by Crippen LogP contribution is -2.09. The molecule has 0 saturated carbocycles. The Kier molecular flexibility index (Phi) is 7.30. The van der Waals surface area contributed by atoms with E-state index in [4.69, 9.17) is 5.11 Å². The monoisotopic (exact) mass is 298 g/mol. The van der Waals surface area contributed by atoms with Crippen LogP contribution >= 0.6 is 0 Å². The van der Waals surface area contributed by atoms with Crippen LogP contribution in [0.25, 0.3) is 0 Å². The largest absolute Gasteiger partial charge is 0.481 e. The third kappa shape index (κ3) is 7.94. The molecule has 0 spiro atoms. The maximum Gasteiger partial charge on any atom is 0.303 e. The van der Waals surface area contributed by atoms with E-state index >= 15 is 0 Å². The standard InChI is InChI=1S/C15H22O4S/c16-15(17)11-7-2-1-3-8-12-20(18,19)13-14-9-5-4-6-10-14/h4-6,9-10H,1-3,7-8,11-13H2,(H,16,17). The van der Waals surface area contributed by atoms with Crippen molar-refractivity contribution >= 4 is 15.8 Å². The van der Waals surface area contributed by atoms with Crippen LogP contribution in [-0.4, -0.2) is 25.2 Å². The number of unbranched alkanes of at least 4 members (excludes halogenated alkanes) is 4. The summed E-state index contributed by atoms with van der Waals surface area (Å²) in [5, 5.41) is 8.48. The van der Waals surface area contributed by atoms with Crippen molar-refractivity contribution in [3.05, 3.63) is 35.9 Å². The summed E-state index contributed by atoms with van der Waals surface area (Å²) in [4.78, 5) is 10.3. The highest BCUT2D eigenvalue weighted by molar-refractivity contribution is 7.90. The van der Waals surface area contributed by atoms with Crippen molar-refractivity contribution in [3.63, 3.8) is 0 Å². The van der Waals surface area contributed by atoms with Gasteiger partial charge in [-0.3, -0.25) is 4.79 Å². The molecule has 0 fully saturated rings. The first kappa shape index (κ1) is 16.7. The van der Waals surface area contributed by atoms with E-state index in [1.807, 2.05) is 30.3 Å². The average molecular weight is 298 g/mol. The summed E-state index contributed by atoms with van der Waals surface area (Å²) in [5.74, 6) is -0.455. The van der Waals surface area contributed by atoms with Crippen molar-refractivity contribution in [3.8, 4) is 0 Å². The Hall–Kier alpha value is -1.36. The van der Waals surface area contributed by atoms with Gasteiger partial charge in [0.2, 0.25) is 0 Å². The molecule has 5 heteroatoms. The number of carbonyl (C=O) groups is 1. The van der Waals surface area contributed by atoms with E-state index in [0.717, 1.165) is 24.8 Å². The van der Waals surface area contributed by atoms with Crippen LogP contribution in [0, 0.1) is 0 Å². The lowest BCUT2D eigenvalue weighted by Gasteiger charge is -2.04. The van der Waals surface area contributed by atoms with E-state index in [1.165, 1.54) is 0 Å². The van der Waals surface area contributed by atoms with Gasteiger partial charge in [0.05, 0.1) is 11.5 Å². The minimum atomic E-state index is -3.03. The number of benzene rings is 1.